The Morgan fingerprint density at radius 1 is 1.45 bits per heavy atom. The van der Waals surface area contributed by atoms with Crippen LogP contribution in [0.3, 0.4) is 0 Å². The Morgan fingerprint density at radius 2 is 2.25 bits per heavy atom. The molecule has 0 bridgehead atoms. The van der Waals surface area contributed by atoms with Crippen molar-refractivity contribution in [3.8, 4) is 0 Å². The van der Waals surface area contributed by atoms with Crippen LogP contribution >= 0.6 is 11.6 Å². The lowest BCUT2D eigenvalue weighted by molar-refractivity contribution is 0.161. The van der Waals surface area contributed by atoms with Gasteiger partial charge in [-0.2, -0.15) is 0 Å². The van der Waals surface area contributed by atoms with Crippen LogP contribution in [0.25, 0.3) is 0 Å². The molecule has 20 heavy (non-hydrogen) atoms. The van der Waals surface area contributed by atoms with Crippen molar-refractivity contribution in [2.24, 2.45) is 5.92 Å². The molecule has 112 valence electrons. The van der Waals surface area contributed by atoms with Crippen molar-refractivity contribution < 1.29 is 4.39 Å². The summed E-state index contributed by atoms with van der Waals surface area (Å²) >= 11 is 6.24. The van der Waals surface area contributed by atoms with Gasteiger partial charge in [-0.05, 0) is 75.5 Å². The standard InChI is InChI=1S/C16H24ClFN2/c1-12-8-15(17)14(9-16(12)18)11-20-7-3-4-13(10-20)5-6-19-2/h8-9,13,19H,3-7,10-11H2,1-2H3. The highest BCUT2D eigenvalue weighted by Gasteiger charge is 2.20. The number of aryl methyl sites for hydroxylation is 1. The number of nitrogens with zero attached hydrogens (tertiary/aromatic N) is 1. The summed E-state index contributed by atoms with van der Waals surface area (Å²) in [7, 11) is 2.00. The van der Waals surface area contributed by atoms with Gasteiger partial charge in [-0.15, -0.1) is 0 Å². The molecule has 1 atom stereocenters. The smallest absolute Gasteiger partial charge is 0.126 e. The zero-order valence-corrected chi connectivity index (χ0v) is 13.1. The summed E-state index contributed by atoms with van der Waals surface area (Å²) in [6.45, 7) is 5.75. The van der Waals surface area contributed by atoms with Gasteiger partial charge in [0, 0.05) is 18.1 Å². The number of rotatable bonds is 5. The van der Waals surface area contributed by atoms with Gasteiger partial charge in [0.1, 0.15) is 5.82 Å². The van der Waals surface area contributed by atoms with Crippen LogP contribution in [0.2, 0.25) is 5.02 Å². The Labute approximate surface area is 126 Å². The van der Waals surface area contributed by atoms with Crippen molar-refractivity contribution in [1.82, 2.24) is 10.2 Å². The Balaban J connectivity index is 1.97. The lowest BCUT2D eigenvalue weighted by atomic mass is 9.94. The first kappa shape index (κ1) is 15.7. The Bertz CT molecular complexity index is 450. The molecule has 1 aliphatic rings. The van der Waals surface area contributed by atoms with Crippen LogP contribution in [-0.2, 0) is 6.54 Å². The molecule has 1 N–H and O–H groups in total. The van der Waals surface area contributed by atoms with Gasteiger partial charge in [-0.25, -0.2) is 4.39 Å². The minimum Gasteiger partial charge on any atom is -0.320 e. The van der Waals surface area contributed by atoms with Crippen molar-refractivity contribution in [3.05, 3.63) is 34.1 Å². The monoisotopic (exact) mass is 298 g/mol. The van der Waals surface area contributed by atoms with E-state index in [0.29, 0.717) is 10.6 Å². The minimum absolute atomic E-state index is 0.159. The second-order valence-corrected chi connectivity index (χ2v) is 6.24. The van der Waals surface area contributed by atoms with E-state index >= 15 is 0 Å². The number of benzene rings is 1. The van der Waals surface area contributed by atoms with Crippen LogP contribution in [0.15, 0.2) is 12.1 Å². The third-order valence-corrected chi connectivity index (χ3v) is 4.48. The lowest BCUT2D eigenvalue weighted by Crippen LogP contribution is -2.36. The molecular formula is C16H24ClFN2. The highest BCUT2D eigenvalue weighted by Crippen LogP contribution is 2.25. The maximum absolute atomic E-state index is 13.7. The average Bonchev–Trinajstić information content (AvgIpc) is 2.43. The summed E-state index contributed by atoms with van der Waals surface area (Å²) in [5, 5.41) is 3.89. The first-order chi connectivity index (χ1) is 9.60. The fraction of sp³-hybridized carbons (Fsp3) is 0.625. The van der Waals surface area contributed by atoms with Gasteiger partial charge in [0.2, 0.25) is 0 Å². The average molecular weight is 299 g/mol. The molecule has 1 aromatic carbocycles. The molecule has 0 amide bonds. The summed E-state index contributed by atoms with van der Waals surface area (Å²) < 4.78 is 13.7. The van der Waals surface area contributed by atoms with Gasteiger partial charge < -0.3 is 5.32 Å². The highest BCUT2D eigenvalue weighted by atomic mass is 35.5. The fourth-order valence-electron chi connectivity index (χ4n) is 2.93. The predicted octanol–water partition coefficient (Wildman–Crippen LogP) is 3.61. The van der Waals surface area contributed by atoms with Gasteiger partial charge in [0.15, 0.2) is 0 Å². The lowest BCUT2D eigenvalue weighted by Gasteiger charge is -2.33. The molecule has 1 unspecified atom stereocenters. The number of likely N-dealkylation sites (tertiary alicyclic amines) is 1. The number of hydrogen-bond acceptors (Lipinski definition) is 2. The van der Waals surface area contributed by atoms with Crippen molar-refractivity contribution in [1.29, 1.82) is 0 Å². The van der Waals surface area contributed by atoms with Gasteiger partial charge in [0.05, 0.1) is 0 Å². The van der Waals surface area contributed by atoms with E-state index in [1.165, 1.54) is 19.3 Å². The molecule has 1 aliphatic heterocycles. The molecule has 0 spiro atoms. The summed E-state index contributed by atoms with van der Waals surface area (Å²) in [6.07, 6.45) is 3.73. The zero-order chi connectivity index (χ0) is 14.5. The van der Waals surface area contributed by atoms with Crippen molar-refractivity contribution >= 4 is 11.6 Å². The summed E-state index contributed by atoms with van der Waals surface area (Å²) in [5.41, 5.74) is 1.52. The second-order valence-electron chi connectivity index (χ2n) is 5.83. The summed E-state index contributed by atoms with van der Waals surface area (Å²) in [6, 6.07) is 3.32. The molecule has 0 saturated carbocycles. The second kappa shape index (κ2) is 7.39. The SMILES string of the molecule is CNCCC1CCCN(Cc2cc(F)c(C)cc2Cl)C1. The molecular weight excluding hydrogens is 275 g/mol. The Morgan fingerprint density at radius 3 is 3.00 bits per heavy atom. The topological polar surface area (TPSA) is 15.3 Å². The van der Waals surface area contributed by atoms with E-state index in [2.05, 4.69) is 10.2 Å². The van der Waals surface area contributed by atoms with Crippen LogP contribution < -0.4 is 5.32 Å². The van der Waals surface area contributed by atoms with E-state index in [4.69, 9.17) is 11.6 Å². The number of hydrogen-bond donors (Lipinski definition) is 1. The molecule has 0 aromatic heterocycles. The molecule has 2 nitrogen and oxygen atoms in total. The summed E-state index contributed by atoms with van der Waals surface area (Å²) in [4.78, 5) is 2.40. The third kappa shape index (κ3) is 4.18. The molecule has 0 radical (unpaired) electrons. The van der Waals surface area contributed by atoms with Crippen molar-refractivity contribution in [2.45, 2.75) is 32.7 Å². The van der Waals surface area contributed by atoms with Crippen LogP contribution in [-0.4, -0.2) is 31.6 Å². The fourth-order valence-corrected chi connectivity index (χ4v) is 3.21. The molecule has 2 rings (SSSR count). The first-order valence-corrected chi connectivity index (χ1v) is 7.79. The Kier molecular flexibility index (Phi) is 5.82. The highest BCUT2D eigenvalue weighted by molar-refractivity contribution is 6.31. The van der Waals surface area contributed by atoms with E-state index in [1.807, 2.05) is 7.05 Å². The molecule has 1 aromatic rings. The van der Waals surface area contributed by atoms with Crippen LogP contribution in [0.5, 0.6) is 0 Å². The van der Waals surface area contributed by atoms with E-state index in [0.717, 1.165) is 37.7 Å². The Hall–Kier alpha value is -0.640. The number of piperidine rings is 1. The van der Waals surface area contributed by atoms with E-state index < -0.39 is 0 Å². The molecule has 1 saturated heterocycles. The minimum atomic E-state index is -0.159. The maximum Gasteiger partial charge on any atom is 0.126 e. The van der Waals surface area contributed by atoms with Gasteiger partial charge in [-0.3, -0.25) is 4.90 Å². The quantitative estimate of drug-likeness (QED) is 0.893. The molecule has 1 heterocycles. The number of halogens is 2. The first-order valence-electron chi connectivity index (χ1n) is 7.41. The van der Waals surface area contributed by atoms with Gasteiger partial charge >= 0.3 is 0 Å². The van der Waals surface area contributed by atoms with Crippen LogP contribution in [0.4, 0.5) is 4.39 Å². The van der Waals surface area contributed by atoms with Gasteiger partial charge in [-0.1, -0.05) is 11.6 Å². The van der Waals surface area contributed by atoms with Gasteiger partial charge in [0.25, 0.3) is 0 Å². The van der Waals surface area contributed by atoms with E-state index in [9.17, 15) is 4.39 Å². The zero-order valence-electron chi connectivity index (χ0n) is 12.4. The normalized spacial score (nSPS) is 20.3. The number of nitrogens with one attached hydrogen (secondary N) is 1. The molecule has 1 fully saturated rings. The predicted molar refractivity (Wildman–Crippen MR) is 82.7 cm³/mol. The molecule has 4 heteroatoms. The largest absolute Gasteiger partial charge is 0.320 e. The summed E-state index contributed by atoms with van der Waals surface area (Å²) in [5.74, 6) is 0.582. The maximum atomic E-state index is 13.7. The third-order valence-electron chi connectivity index (χ3n) is 4.13. The van der Waals surface area contributed by atoms with E-state index in [1.54, 1.807) is 19.1 Å². The van der Waals surface area contributed by atoms with Crippen molar-refractivity contribution in [3.63, 3.8) is 0 Å². The van der Waals surface area contributed by atoms with Crippen molar-refractivity contribution in [2.75, 3.05) is 26.7 Å². The molecule has 0 aliphatic carbocycles. The van der Waals surface area contributed by atoms with Crippen LogP contribution in [0, 0.1) is 18.7 Å². The van der Waals surface area contributed by atoms with Crippen LogP contribution in [0.1, 0.15) is 30.4 Å². The van der Waals surface area contributed by atoms with E-state index in [-0.39, 0.29) is 5.82 Å².